The average Bonchev–Trinajstić information content (AvgIpc) is 2.24. The molecule has 15 heavy (non-hydrogen) atoms. The molecule has 0 aromatic rings. The Kier molecular flexibility index (Phi) is 3.65. The molecule has 88 valence electrons. The van der Waals surface area contributed by atoms with E-state index < -0.39 is 0 Å². The van der Waals surface area contributed by atoms with Gasteiger partial charge < -0.3 is 10.4 Å². The Balaban J connectivity index is 1.91. The molecule has 3 heteroatoms. The molecule has 2 N–H and O–H groups in total. The number of hydrogen-bond acceptors (Lipinski definition) is 3. The summed E-state index contributed by atoms with van der Waals surface area (Å²) in [4.78, 5) is 2.47. The minimum Gasteiger partial charge on any atom is -0.394 e. The van der Waals surface area contributed by atoms with Gasteiger partial charge in [-0.15, -0.1) is 0 Å². The molecule has 1 saturated heterocycles. The Morgan fingerprint density at radius 2 is 2.00 bits per heavy atom. The lowest BCUT2D eigenvalue weighted by Crippen LogP contribution is -2.57. The summed E-state index contributed by atoms with van der Waals surface area (Å²) in [7, 11) is 0. The van der Waals surface area contributed by atoms with Crippen LogP contribution in [0.1, 0.15) is 32.6 Å². The molecule has 1 saturated carbocycles. The van der Waals surface area contributed by atoms with Crippen molar-refractivity contribution in [3.8, 4) is 0 Å². The SMILES string of the molecule is CC(CO)(CC1CCC1)N1CCNCC1. The van der Waals surface area contributed by atoms with E-state index in [0.717, 1.165) is 32.1 Å². The van der Waals surface area contributed by atoms with Crippen molar-refractivity contribution in [3.05, 3.63) is 0 Å². The molecule has 0 bridgehead atoms. The third-order valence-electron chi connectivity index (χ3n) is 4.17. The summed E-state index contributed by atoms with van der Waals surface area (Å²) in [6.45, 7) is 6.86. The molecule has 2 aliphatic rings. The van der Waals surface area contributed by atoms with Crippen LogP contribution in [-0.2, 0) is 0 Å². The van der Waals surface area contributed by atoms with Crippen LogP contribution in [0, 0.1) is 5.92 Å². The fraction of sp³-hybridized carbons (Fsp3) is 1.00. The standard InChI is InChI=1S/C12H24N2O/c1-12(10-15,9-11-3-2-4-11)14-7-5-13-6-8-14/h11,13,15H,2-10H2,1H3. The highest BCUT2D eigenvalue weighted by molar-refractivity contribution is 4.91. The molecule has 1 aliphatic carbocycles. The van der Waals surface area contributed by atoms with Gasteiger partial charge in [-0.05, 0) is 19.3 Å². The fourth-order valence-corrected chi connectivity index (χ4v) is 2.82. The van der Waals surface area contributed by atoms with E-state index in [1.165, 1.54) is 25.7 Å². The second-order valence-corrected chi connectivity index (χ2v) is 5.39. The summed E-state index contributed by atoms with van der Waals surface area (Å²) in [5.74, 6) is 0.872. The van der Waals surface area contributed by atoms with E-state index in [-0.39, 0.29) is 5.54 Å². The summed E-state index contributed by atoms with van der Waals surface area (Å²) in [5.41, 5.74) is 0.0349. The van der Waals surface area contributed by atoms with Crippen LogP contribution < -0.4 is 5.32 Å². The van der Waals surface area contributed by atoms with E-state index in [2.05, 4.69) is 17.1 Å². The quantitative estimate of drug-likeness (QED) is 0.724. The lowest BCUT2D eigenvalue weighted by molar-refractivity contribution is 0.00633. The molecule has 1 atom stereocenters. The van der Waals surface area contributed by atoms with Crippen LogP contribution in [0.4, 0.5) is 0 Å². The minimum absolute atomic E-state index is 0.0349. The van der Waals surface area contributed by atoms with Crippen molar-refractivity contribution >= 4 is 0 Å². The molecule has 1 aliphatic heterocycles. The molecular weight excluding hydrogens is 188 g/mol. The first-order valence-corrected chi connectivity index (χ1v) is 6.31. The van der Waals surface area contributed by atoms with Gasteiger partial charge in [-0.3, -0.25) is 4.90 Å². The van der Waals surface area contributed by atoms with E-state index in [1.54, 1.807) is 0 Å². The predicted octanol–water partition coefficient (Wildman–Crippen LogP) is 0.833. The van der Waals surface area contributed by atoms with Gasteiger partial charge in [0.2, 0.25) is 0 Å². The van der Waals surface area contributed by atoms with Crippen LogP contribution in [0.25, 0.3) is 0 Å². The number of piperazine rings is 1. The number of nitrogens with one attached hydrogen (secondary N) is 1. The molecule has 0 amide bonds. The summed E-state index contributed by atoms with van der Waals surface area (Å²) < 4.78 is 0. The molecule has 0 aromatic heterocycles. The summed E-state index contributed by atoms with van der Waals surface area (Å²) in [6, 6.07) is 0. The first kappa shape index (κ1) is 11.4. The van der Waals surface area contributed by atoms with Crippen LogP contribution in [0.3, 0.4) is 0 Å². The number of hydrogen-bond donors (Lipinski definition) is 2. The molecule has 0 aromatic carbocycles. The van der Waals surface area contributed by atoms with Gasteiger partial charge >= 0.3 is 0 Å². The molecule has 1 unspecified atom stereocenters. The third kappa shape index (κ3) is 2.52. The predicted molar refractivity (Wildman–Crippen MR) is 61.9 cm³/mol. The second kappa shape index (κ2) is 4.81. The van der Waals surface area contributed by atoms with Gasteiger partial charge in [-0.25, -0.2) is 0 Å². The van der Waals surface area contributed by atoms with Crippen molar-refractivity contribution in [3.63, 3.8) is 0 Å². The van der Waals surface area contributed by atoms with Gasteiger partial charge in [-0.1, -0.05) is 19.3 Å². The van der Waals surface area contributed by atoms with Crippen LogP contribution in [-0.4, -0.2) is 48.3 Å². The Labute approximate surface area is 92.8 Å². The lowest BCUT2D eigenvalue weighted by Gasteiger charge is -2.45. The third-order valence-corrected chi connectivity index (χ3v) is 4.17. The highest BCUT2D eigenvalue weighted by Crippen LogP contribution is 2.35. The summed E-state index contributed by atoms with van der Waals surface area (Å²) in [5, 5.41) is 13.0. The first-order valence-electron chi connectivity index (χ1n) is 6.31. The maximum Gasteiger partial charge on any atom is 0.0612 e. The number of nitrogens with zero attached hydrogens (tertiary/aromatic N) is 1. The van der Waals surface area contributed by atoms with Gasteiger partial charge in [0, 0.05) is 31.7 Å². The monoisotopic (exact) mass is 212 g/mol. The smallest absolute Gasteiger partial charge is 0.0612 e. The molecule has 3 nitrogen and oxygen atoms in total. The van der Waals surface area contributed by atoms with Crippen LogP contribution in [0.2, 0.25) is 0 Å². The van der Waals surface area contributed by atoms with E-state index >= 15 is 0 Å². The van der Waals surface area contributed by atoms with Gasteiger partial charge in [0.1, 0.15) is 0 Å². The molecular formula is C12H24N2O. The number of aliphatic hydroxyl groups is 1. The topological polar surface area (TPSA) is 35.5 Å². The highest BCUT2D eigenvalue weighted by Gasteiger charge is 2.35. The van der Waals surface area contributed by atoms with E-state index in [4.69, 9.17) is 0 Å². The largest absolute Gasteiger partial charge is 0.394 e. The molecule has 0 radical (unpaired) electrons. The van der Waals surface area contributed by atoms with E-state index in [0.29, 0.717) is 6.61 Å². The fourth-order valence-electron chi connectivity index (χ4n) is 2.82. The van der Waals surface area contributed by atoms with Crippen molar-refractivity contribution in [1.29, 1.82) is 0 Å². The van der Waals surface area contributed by atoms with Crippen molar-refractivity contribution in [2.45, 2.75) is 38.1 Å². The highest BCUT2D eigenvalue weighted by atomic mass is 16.3. The van der Waals surface area contributed by atoms with Crippen LogP contribution in [0.15, 0.2) is 0 Å². The zero-order valence-electron chi connectivity index (χ0n) is 9.84. The average molecular weight is 212 g/mol. The summed E-state index contributed by atoms with van der Waals surface area (Å²) >= 11 is 0. The van der Waals surface area contributed by atoms with Crippen molar-refractivity contribution in [2.75, 3.05) is 32.8 Å². The second-order valence-electron chi connectivity index (χ2n) is 5.39. The molecule has 0 spiro atoms. The zero-order valence-corrected chi connectivity index (χ0v) is 9.84. The first-order chi connectivity index (χ1) is 7.24. The Bertz CT molecular complexity index is 200. The molecule has 1 heterocycles. The Morgan fingerprint density at radius 3 is 2.47 bits per heavy atom. The lowest BCUT2D eigenvalue weighted by atomic mass is 9.76. The van der Waals surface area contributed by atoms with Gasteiger partial charge in [0.25, 0.3) is 0 Å². The maximum absolute atomic E-state index is 9.64. The minimum atomic E-state index is 0.0349. The van der Waals surface area contributed by atoms with Gasteiger partial charge in [0.05, 0.1) is 6.61 Å². The Morgan fingerprint density at radius 1 is 1.33 bits per heavy atom. The zero-order chi connectivity index (χ0) is 10.7. The van der Waals surface area contributed by atoms with Crippen molar-refractivity contribution in [2.24, 2.45) is 5.92 Å². The normalized spacial score (nSPS) is 28.4. The Hall–Kier alpha value is -0.120. The van der Waals surface area contributed by atoms with Crippen LogP contribution in [0.5, 0.6) is 0 Å². The number of aliphatic hydroxyl groups excluding tert-OH is 1. The maximum atomic E-state index is 9.64. The van der Waals surface area contributed by atoms with Gasteiger partial charge in [0.15, 0.2) is 0 Å². The summed E-state index contributed by atoms with van der Waals surface area (Å²) in [6.07, 6.45) is 5.33. The molecule has 2 fully saturated rings. The van der Waals surface area contributed by atoms with Gasteiger partial charge in [-0.2, -0.15) is 0 Å². The molecule has 2 rings (SSSR count). The van der Waals surface area contributed by atoms with E-state index in [9.17, 15) is 5.11 Å². The van der Waals surface area contributed by atoms with Crippen LogP contribution >= 0.6 is 0 Å². The van der Waals surface area contributed by atoms with Crippen molar-refractivity contribution < 1.29 is 5.11 Å². The number of rotatable bonds is 4. The van der Waals surface area contributed by atoms with E-state index in [1.807, 2.05) is 0 Å². The van der Waals surface area contributed by atoms with Crippen molar-refractivity contribution in [1.82, 2.24) is 10.2 Å².